The second-order valence-corrected chi connectivity index (χ2v) is 17.7. The highest BCUT2D eigenvalue weighted by Gasteiger charge is 2.69. The molecule has 4 aliphatic carbocycles. The summed E-state index contributed by atoms with van der Waals surface area (Å²) in [5.74, 6) is 2.24. The standard InChI is InChI=1S/C36H58N4O6/c1-31(2)27-14-19-35(7)28(12-10-23-24(13-18-34(23,35)6)36(8)20-16-30(46-36)32(3,4)41)33(27,5)17-15-29(31)38-37-25-11-9-22(39(42)43)21-26(25)40(44)45/h9,11,21,23-24,27-28,30,37,39-42,44H,10,12-20H2,1-8H3/t23-,24+,27-,28+,30+,33-,34+,35+,36+/m1/s1. The van der Waals surface area contributed by atoms with E-state index in [0.717, 1.165) is 37.8 Å². The minimum Gasteiger partial charge on any atom is -0.595 e. The molecular formula is C36H58N4O6. The van der Waals surface area contributed by atoms with Gasteiger partial charge in [-0.15, -0.1) is 0 Å². The Kier molecular flexibility index (Phi) is 8.34. The SMILES string of the molecule is CC(C)(O)[C@@H]1CC[C@@](C)([C@H]2CC[C@@]3(C)[C@@H]2CC[C@H]2[C@]4(C)CCC(=NNc5ccc([NH+]([O-])O)cc5[NH+]([O-])O)C(C)(C)[C@H]4CC[C@@]23C)O1. The molecular weight excluding hydrogens is 584 g/mol. The van der Waals surface area contributed by atoms with Gasteiger partial charge in [0.15, 0.2) is 11.4 Å². The summed E-state index contributed by atoms with van der Waals surface area (Å²) < 4.78 is 6.77. The van der Waals surface area contributed by atoms with Crippen molar-refractivity contribution in [1.82, 2.24) is 0 Å². The summed E-state index contributed by atoms with van der Waals surface area (Å²) >= 11 is 0. The summed E-state index contributed by atoms with van der Waals surface area (Å²) in [4.78, 5) is 0. The Bertz CT molecular complexity index is 1360. The molecule has 0 amide bonds. The Morgan fingerprint density at radius 2 is 1.54 bits per heavy atom. The zero-order valence-electron chi connectivity index (χ0n) is 29.2. The molecule has 46 heavy (non-hydrogen) atoms. The predicted octanol–water partition coefficient (Wildman–Crippen LogP) is 5.66. The van der Waals surface area contributed by atoms with Gasteiger partial charge in [0.25, 0.3) is 0 Å². The molecule has 0 bridgehead atoms. The predicted molar refractivity (Wildman–Crippen MR) is 177 cm³/mol. The molecule has 258 valence electrons. The van der Waals surface area contributed by atoms with Crippen molar-refractivity contribution in [2.24, 2.45) is 50.4 Å². The van der Waals surface area contributed by atoms with Crippen LogP contribution in [0.4, 0.5) is 17.1 Å². The molecule has 1 aromatic rings. The van der Waals surface area contributed by atoms with Gasteiger partial charge >= 0.3 is 0 Å². The molecule has 1 aromatic carbocycles. The van der Waals surface area contributed by atoms with Gasteiger partial charge in [0, 0.05) is 17.2 Å². The number of nitrogens with zero attached hydrogens (tertiary/aromatic N) is 1. The number of hydrogen-bond donors (Lipinski definition) is 6. The lowest BCUT2D eigenvalue weighted by Crippen LogP contribution is -3.00. The van der Waals surface area contributed by atoms with Gasteiger partial charge in [0.1, 0.15) is 5.69 Å². The Morgan fingerprint density at radius 1 is 0.848 bits per heavy atom. The van der Waals surface area contributed by atoms with Crippen LogP contribution in [0.5, 0.6) is 0 Å². The normalized spacial score (nSPS) is 44.3. The Balaban J connectivity index is 1.23. The van der Waals surface area contributed by atoms with Crippen LogP contribution in [-0.4, -0.2) is 38.5 Å². The van der Waals surface area contributed by atoms with Crippen LogP contribution in [0.1, 0.15) is 120 Å². The third kappa shape index (κ3) is 5.09. The van der Waals surface area contributed by atoms with Crippen molar-refractivity contribution in [3.63, 3.8) is 0 Å². The second-order valence-electron chi connectivity index (χ2n) is 17.7. The molecule has 6 N–H and O–H groups in total. The van der Waals surface area contributed by atoms with Crippen LogP contribution < -0.4 is 15.9 Å². The number of benzene rings is 1. The van der Waals surface area contributed by atoms with Crippen LogP contribution >= 0.6 is 0 Å². The minimum absolute atomic E-state index is 0.0604. The van der Waals surface area contributed by atoms with Gasteiger partial charge in [-0.2, -0.15) is 15.6 Å². The zero-order chi connectivity index (χ0) is 33.7. The van der Waals surface area contributed by atoms with E-state index in [2.05, 4.69) is 47.0 Å². The van der Waals surface area contributed by atoms with Gasteiger partial charge in [-0.3, -0.25) is 5.43 Å². The first-order chi connectivity index (χ1) is 21.3. The Hall–Kier alpha value is -1.63. The molecule has 0 radical (unpaired) electrons. The largest absolute Gasteiger partial charge is 0.595 e. The van der Waals surface area contributed by atoms with Crippen LogP contribution in [0.3, 0.4) is 0 Å². The van der Waals surface area contributed by atoms with Crippen molar-refractivity contribution in [3.8, 4) is 0 Å². The highest BCUT2D eigenvalue weighted by atomic mass is 16.8. The molecule has 0 aromatic heterocycles. The van der Waals surface area contributed by atoms with Crippen molar-refractivity contribution in [3.05, 3.63) is 28.6 Å². The second kappa shape index (κ2) is 11.2. The first-order valence-corrected chi connectivity index (χ1v) is 17.6. The number of aliphatic hydroxyl groups is 1. The molecule has 5 aliphatic rings. The molecule has 4 saturated carbocycles. The number of ether oxygens (including phenoxy) is 1. The van der Waals surface area contributed by atoms with Crippen LogP contribution in [0.25, 0.3) is 0 Å². The Morgan fingerprint density at radius 3 is 2.17 bits per heavy atom. The van der Waals surface area contributed by atoms with Gasteiger partial charge in [-0.05, 0) is 131 Å². The molecule has 1 heterocycles. The van der Waals surface area contributed by atoms with Crippen molar-refractivity contribution in [2.75, 3.05) is 5.43 Å². The van der Waals surface area contributed by atoms with Crippen molar-refractivity contribution in [1.29, 1.82) is 0 Å². The van der Waals surface area contributed by atoms with E-state index in [1.807, 2.05) is 13.8 Å². The van der Waals surface area contributed by atoms with Gasteiger partial charge < -0.3 is 20.3 Å². The number of nitrogens with one attached hydrogen (secondary N) is 3. The summed E-state index contributed by atoms with van der Waals surface area (Å²) in [7, 11) is 0. The molecule has 10 heteroatoms. The third-order valence-corrected chi connectivity index (χ3v) is 14.9. The maximum absolute atomic E-state index is 11.9. The van der Waals surface area contributed by atoms with E-state index in [4.69, 9.17) is 9.84 Å². The lowest BCUT2D eigenvalue weighted by Gasteiger charge is -2.69. The van der Waals surface area contributed by atoms with E-state index in [-0.39, 0.29) is 44.7 Å². The van der Waals surface area contributed by atoms with E-state index in [1.54, 1.807) is 0 Å². The maximum Gasteiger partial charge on any atom is 0.195 e. The lowest BCUT2D eigenvalue weighted by atomic mass is 9.35. The molecule has 2 unspecified atom stereocenters. The fourth-order valence-electron chi connectivity index (χ4n) is 12.2. The monoisotopic (exact) mass is 642 g/mol. The fraction of sp³-hybridized carbons (Fsp3) is 0.806. The number of quaternary nitrogens is 2. The average molecular weight is 643 g/mol. The average Bonchev–Trinajstić information content (AvgIpc) is 3.54. The molecule has 1 saturated heterocycles. The maximum atomic E-state index is 11.9. The minimum atomic E-state index is -1.18. The van der Waals surface area contributed by atoms with Crippen molar-refractivity contribution < 1.29 is 30.7 Å². The van der Waals surface area contributed by atoms with Crippen LogP contribution in [0.15, 0.2) is 23.3 Å². The lowest BCUT2D eigenvalue weighted by molar-refractivity contribution is -0.996. The van der Waals surface area contributed by atoms with Crippen LogP contribution in [0.2, 0.25) is 0 Å². The van der Waals surface area contributed by atoms with Crippen LogP contribution in [0, 0.1) is 55.7 Å². The first-order valence-electron chi connectivity index (χ1n) is 17.6. The topological polar surface area (TPSA) is 149 Å². The van der Waals surface area contributed by atoms with Crippen molar-refractivity contribution in [2.45, 2.75) is 137 Å². The van der Waals surface area contributed by atoms with Gasteiger partial charge in [-0.1, -0.05) is 34.6 Å². The summed E-state index contributed by atoms with van der Waals surface area (Å²) in [6, 6.07) is 4.10. The quantitative estimate of drug-likeness (QED) is 0.220. The number of rotatable bonds is 6. The molecule has 6 rings (SSSR count). The molecule has 11 atom stereocenters. The fourth-order valence-corrected chi connectivity index (χ4v) is 12.2. The third-order valence-electron chi connectivity index (χ3n) is 14.9. The highest BCUT2D eigenvalue weighted by Crippen LogP contribution is 2.76. The van der Waals surface area contributed by atoms with Gasteiger partial charge in [0.2, 0.25) is 0 Å². The summed E-state index contributed by atoms with van der Waals surface area (Å²) in [6.07, 6.45) is 11.0. The Labute approximate surface area is 274 Å². The van der Waals surface area contributed by atoms with E-state index in [9.17, 15) is 25.9 Å². The number of fused-ring (bicyclic) bond motifs is 5. The van der Waals surface area contributed by atoms with Gasteiger partial charge in [0.05, 0.1) is 23.4 Å². The van der Waals surface area contributed by atoms with Crippen molar-refractivity contribution >= 4 is 22.8 Å². The van der Waals surface area contributed by atoms with E-state index >= 15 is 0 Å². The van der Waals surface area contributed by atoms with E-state index in [0.29, 0.717) is 29.4 Å². The molecule has 1 aliphatic heterocycles. The van der Waals surface area contributed by atoms with E-state index in [1.165, 1.54) is 50.3 Å². The summed E-state index contributed by atoms with van der Waals surface area (Å²) in [6.45, 7) is 18.5. The zero-order valence-corrected chi connectivity index (χ0v) is 29.2. The first kappa shape index (κ1) is 34.2. The number of anilines is 1. The van der Waals surface area contributed by atoms with Crippen LogP contribution in [-0.2, 0) is 4.74 Å². The molecule has 5 fully saturated rings. The van der Waals surface area contributed by atoms with Gasteiger partial charge in [-0.25, -0.2) is 10.4 Å². The summed E-state index contributed by atoms with van der Waals surface area (Å²) in [5, 5.41) is 55.7. The number of hydrazone groups is 1. The van der Waals surface area contributed by atoms with E-state index < -0.39 is 16.1 Å². The number of hydrogen-bond acceptors (Lipinski definition) is 8. The highest BCUT2D eigenvalue weighted by molar-refractivity contribution is 5.91. The summed E-state index contributed by atoms with van der Waals surface area (Å²) in [5.41, 5.74) is 3.76. The smallest absolute Gasteiger partial charge is 0.195 e. The molecule has 10 nitrogen and oxygen atoms in total. The molecule has 0 spiro atoms.